The second-order valence-electron chi connectivity index (χ2n) is 4.56. The molecule has 0 aromatic heterocycles. The van der Waals surface area contributed by atoms with Crippen LogP contribution in [-0.2, 0) is 9.59 Å². The van der Waals surface area contributed by atoms with Gasteiger partial charge < -0.3 is 14.9 Å². The SMILES string of the molecule is CC(=O)CCN(C)CCCN(C)CCC(=O)O. The van der Waals surface area contributed by atoms with Crippen molar-refractivity contribution in [2.24, 2.45) is 0 Å². The van der Waals surface area contributed by atoms with E-state index in [0.717, 1.165) is 26.1 Å². The van der Waals surface area contributed by atoms with Gasteiger partial charge in [-0.15, -0.1) is 0 Å². The van der Waals surface area contributed by atoms with Crippen LogP contribution in [0.15, 0.2) is 0 Å². The molecule has 0 fully saturated rings. The van der Waals surface area contributed by atoms with Crippen LogP contribution in [0, 0.1) is 0 Å². The third kappa shape index (κ3) is 11.3. The van der Waals surface area contributed by atoms with E-state index in [1.165, 1.54) is 0 Å². The van der Waals surface area contributed by atoms with Gasteiger partial charge in [0.2, 0.25) is 0 Å². The molecular weight excluding hydrogens is 220 g/mol. The minimum atomic E-state index is -0.754. The van der Waals surface area contributed by atoms with E-state index in [2.05, 4.69) is 4.90 Å². The lowest BCUT2D eigenvalue weighted by molar-refractivity contribution is -0.137. The molecule has 0 amide bonds. The molecule has 0 atom stereocenters. The highest BCUT2D eigenvalue weighted by Gasteiger charge is 2.04. The number of carboxylic acid groups (broad SMARTS) is 1. The van der Waals surface area contributed by atoms with E-state index in [1.807, 2.05) is 19.0 Å². The molecule has 0 bridgehead atoms. The van der Waals surface area contributed by atoms with Crippen molar-refractivity contribution in [1.29, 1.82) is 0 Å². The topological polar surface area (TPSA) is 60.9 Å². The molecule has 0 radical (unpaired) electrons. The molecule has 0 aliphatic carbocycles. The van der Waals surface area contributed by atoms with E-state index in [9.17, 15) is 9.59 Å². The molecular formula is C12H24N2O3. The fourth-order valence-corrected chi connectivity index (χ4v) is 1.47. The maximum Gasteiger partial charge on any atom is 0.304 e. The normalized spacial score (nSPS) is 11.1. The van der Waals surface area contributed by atoms with E-state index >= 15 is 0 Å². The van der Waals surface area contributed by atoms with Gasteiger partial charge in [-0.1, -0.05) is 0 Å². The Kier molecular flexibility index (Phi) is 8.62. The van der Waals surface area contributed by atoms with Gasteiger partial charge in [0.05, 0.1) is 6.42 Å². The van der Waals surface area contributed by atoms with Crippen LogP contribution in [0.3, 0.4) is 0 Å². The highest BCUT2D eigenvalue weighted by molar-refractivity contribution is 5.75. The summed E-state index contributed by atoms with van der Waals surface area (Å²) in [7, 11) is 3.93. The van der Waals surface area contributed by atoms with Gasteiger partial charge >= 0.3 is 5.97 Å². The third-order valence-electron chi connectivity index (χ3n) is 2.63. The zero-order chi connectivity index (χ0) is 13.3. The summed E-state index contributed by atoms with van der Waals surface area (Å²) in [6.45, 7) is 4.82. The molecule has 0 spiro atoms. The molecule has 0 aromatic rings. The average Bonchev–Trinajstić information content (AvgIpc) is 2.23. The second-order valence-corrected chi connectivity index (χ2v) is 4.56. The Hall–Kier alpha value is -0.940. The van der Waals surface area contributed by atoms with Crippen LogP contribution in [0.4, 0.5) is 0 Å². The summed E-state index contributed by atoms with van der Waals surface area (Å²) in [5.74, 6) is -0.536. The predicted molar refractivity (Wildman–Crippen MR) is 67.2 cm³/mol. The van der Waals surface area contributed by atoms with Gasteiger partial charge in [-0.2, -0.15) is 0 Å². The van der Waals surface area contributed by atoms with Crippen LogP contribution in [0.2, 0.25) is 0 Å². The van der Waals surface area contributed by atoms with Crippen molar-refractivity contribution in [3.63, 3.8) is 0 Å². The third-order valence-corrected chi connectivity index (χ3v) is 2.63. The fraction of sp³-hybridized carbons (Fsp3) is 0.833. The summed E-state index contributed by atoms with van der Waals surface area (Å²) in [5.41, 5.74) is 0. The number of carbonyl (C=O) groups is 2. The lowest BCUT2D eigenvalue weighted by atomic mass is 10.3. The Bertz CT molecular complexity index is 220. The zero-order valence-corrected chi connectivity index (χ0v) is 11.1. The van der Waals surface area contributed by atoms with Crippen molar-refractivity contribution < 1.29 is 14.7 Å². The predicted octanol–water partition coefficient (Wildman–Crippen LogP) is 0.694. The monoisotopic (exact) mass is 244 g/mol. The number of aliphatic carboxylic acids is 1. The molecule has 0 saturated carbocycles. The lowest BCUT2D eigenvalue weighted by Crippen LogP contribution is -2.28. The van der Waals surface area contributed by atoms with Gasteiger partial charge in [-0.25, -0.2) is 0 Å². The largest absolute Gasteiger partial charge is 0.481 e. The lowest BCUT2D eigenvalue weighted by Gasteiger charge is -2.19. The molecule has 1 N–H and O–H groups in total. The average molecular weight is 244 g/mol. The molecule has 5 nitrogen and oxygen atoms in total. The van der Waals surface area contributed by atoms with Gasteiger partial charge in [0.1, 0.15) is 5.78 Å². The summed E-state index contributed by atoms with van der Waals surface area (Å²) >= 11 is 0. The van der Waals surface area contributed by atoms with Crippen LogP contribution < -0.4 is 0 Å². The molecule has 5 heteroatoms. The van der Waals surface area contributed by atoms with E-state index < -0.39 is 5.97 Å². The highest BCUT2D eigenvalue weighted by Crippen LogP contribution is 1.95. The minimum Gasteiger partial charge on any atom is -0.481 e. The van der Waals surface area contributed by atoms with Crippen molar-refractivity contribution in [1.82, 2.24) is 9.80 Å². The maximum atomic E-state index is 10.8. The van der Waals surface area contributed by atoms with Gasteiger partial charge in [0.25, 0.3) is 0 Å². The van der Waals surface area contributed by atoms with Gasteiger partial charge in [-0.05, 0) is 40.5 Å². The van der Waals surface area contributed by atoms with Gasteiger partial charge in [0.15, 0.2) is 0 Å². The van der Waals surface area contributed by atoms with Gasteiger partial charge in [0, 0.05) is 19.5 Å². The Morgan fingerprint density at radius 3 is 1.82 bits per heavy atom. The van der Waals surface area contributed by atoms with E-state index in [-0.39, 0.29) is 12.2 Å². The second kappa shape index (κ2) is 9.13. The standard InChI is InChI=1S/C12H24N2O3/c1-11(15)5-9-13(2)7-4-8-14(3)10-6-12(16)17/h4-10H2,1-3H3,(H,16,17). The minimum absolute atomic E-state index is 0.191. The quantitative estimate of drug-likeness (QED) is 0.613. The number of hydrogen-bond donors (Lipinski definition) is 1. The molecule has 0 aliphatic heterocycles. The van der Waals surface area contributed by atoms with Crippen LogP contribution in [0.1, 0.15) is 26.2 Å². The number of carboxylic acids is 1. The first-order valence-corrected chi connectivity index (χ1v) is 6.00. The Morgan fingerprint density at radius 1 is 0.941 bits per heavy atom. The van der Waals surface area contributed by atoms with Crippen molar-refractivity contribution in [3.8, 4) is 0 Å². The summed E-state index contributed by atoms with van der Waals surface area (Å²) in [4.78, 5) is 25.3. The van der Waals surface area contributed by atoms with Crippen LogP contribution in [0.25, 0.3) is 0 Å². The van der Waals surface area contributed by atoms with Crippen molar-refractivity contribution in [3.05, 3.63) is 0 Å². The first-order valence-electron chi connectivity index (χ1n) is 6.00. The summed E-state index contributed by atoms with van der Waals surface area (Å²) < 4.78 is 0. The highest BCUT2D eigenvalue weighted by atomic mass is 16.4. The molecule has 0 aliphatic rings. The van der Waals surface area contributed by atoms with Crippen LogP contribution in [0.5, 0.6) is 0 Å². The van der Waals surface area contributed by atoms with E-state index in [4.69, 9.17) is 5.11 Å². The fourth-order valence-electron chi connectivity index (χ4n) is 1.47. The molecule has 17 heavy (non-hydrogen) atoms. The number of nitrogens with zero attached hydrogens (tertiary/aromatic N) is 2. The molecule has 0 heterocycles. The van der Waals surface area contributed by atoms with Crippen LogP contribution in [-0.4, -0.2) is 66.9 Å². The Morgan fingerprint density at radius 2 is 1.41 bits per heavy atom. The van der Waals surface area contributed by atoms with E-state index in [0.29, 0.717) is 13.0 Å². The number of carbonyl (C=O) groups excluding carboxylic acids is 1. The smallest absolute Gasteiger partial charge is 0.304 e. The van der Waals surface area contributed by atoms with Gasteiger partial charge in [-0.3, -0.25) is 9.59 Å². The number of ketones is 1. The molecule has 0 rings (SSSR count). The number of hydrogen-bond acceptors (Lipinski definition) is 4. The molecule has 0 saturated heterocycles. The molecule has 100 valence electrons. The Balaban J connectivity index is 3.48. The Labute approximate surface area is 103 Å². The first kappa shape index (κ1) is 16.1. The summed E-state index contributed by atoms with van der Waals surface area (Å²) in [6.07, 6.45) is 1.78. The summed E-state index contributed by atoms with van der Waals surface area (Å²) in [5, 5.41) is 8.53. The van der Waals surface area contributed by atoms with Crippen molar-refractivity contribution in [2.45, 2.75) is 26.2 Å². The zero-order valence-electron chi connectivity index (χ0n) is 11.1. The van der Waals surface area contributed by atoms with Crippen molar-refractivity contribution >= 4 is 11.8 Å². The molecule has 0 aromatic carbocycles. The summed E-state index contributed by atoms with van der Waals surface area (Å²) in [6, 6.07) is 0. The first-order chi connectivity index (χ1) is 7.91. The maximum absolute atomic E-state index is 10.8. The van der Waals surface area contributed by atoms with Crippen molar-refractivity contribution in [2.75, 3.05) is 40.3 Å². The van der Waals surface area contributed by atoms with E-state index in [1.54, 1.807) is 6.92 Å². The number of Topliss-reactive ketones (excluding diaryl/α,β-unsaturated/α-hetero) is 1. The molecule has 0 unspecified atom stereocenters. The number of rotatable bonds is 10. The van der Waals surface area contributed by atoms with Crippen LogP contribution >= 0.6 is 0 Å².